The molecule has 0 radical (unpaired) electrons. The van der Waals surface area contributed by atoms with Crippen molar-refractivity contribution in [3.8, 4) is 0 Å². The first-order valence-electron chi connectivity index (χ1n) is 11.9. The fraction of sp³-hybridized carbons (Fsp3) is 0.889. The standard InChI is InChI=1S/C27H52/c1-12-15-25(27(11,14-3)24(9)20-21(4)5)17-19-26(10,22(6)7)18-16-23(8)13-2/h12,21-24H,13-14,16-20H2,1-11H3. The lowest BCUT2D eigenvalue weighted by Gasteiger charge is -2.40. The average molecular weight is 377 g/mol. The highest BCUT2D eigenvalue weighted by Crippen LogP contribution is 2.46. The van der Waals surface area contributed by atoms with E-state index >= 15 is 0 Å². The highest BCUT2D eigenvalue weighted by Gasteiger charge is 2.36. The van der Waals surface area contributed by atoms with Gasteiger partial charge in [-0.2, -0.15) is 0 Å². The van der Waals surface area contributed by atoms with Gasteiger partial charge in [0.25, 0.3) is 0 Å². The first kappa shape index (κ1) is 26.5. The van der Waals surface area contributed by atoms with E-state index in [-0.39, 0.29) is 5.41 Å². The molecule has 0 bridgehead atoms. The molecular formula is C27H52. The number of rotatable bonds is 13. The predicted octanol–water partition coefficient (Wildman–Crippen LogP) is 9.46. The van der Waals surface area contributed by atoms with Gasteiger partial charge >= 0.3 is 0 Å². The Hall–Kier alpha value is -0.480. The lowest BCUT2D eigenvalue weighted by atomic mass is 9.64. The molecule has 0 aromatic rings. The molecule has 0 rings (SSSR count). The highest BCUT2D eigenvalue weighted by atomic mass is 14.4. The Morgan fingerprint density at radius 1 is 0.963 bits per heavy atom. The van der Waals surface area contributed by atoms with Crippen molar-refractivity contribution in [3.63, 3.8) is 0 Å². The summed E-state index contributed by atoms with van der Waals surface area (Å²) in [5.41, 5.74) is 5.97. The molecule has 160 valence electrons. The molecule has 4 unspecified atom stereocenters. The van der Waals surface area contributed by atoms with E-state index in [2.05, 4.69) is 88.0 Å². The Kier molecular flexibility index (Phi) is 11.9. The normalized spacial score (nSPS) is 18.6. The van der Waals surface area contributed by atoms with Crippen molar-refractivity contribution in [2.24, 2.45) is 34.5 Å². The van der Waals surface area contributed by atoms with Gasteiger partial charge in [0.1, 0.15) is 0 Å². The second-order valence-electron chi connectivity index (χ2n) is 10.6. The molecule has 0 spiro atoms. The number of allylic oxidation sites excluding steroid dienone is 1. The van der Waals surface area contributed by atoms with E-state index in [0.29, 0.717) is 11.3 Å². The monoisotopic (exact) mass is 376 g/mol. The van der Waals surface area contributed by atoms with E-state index in [0.717, 1.165) is 17.8 Å². The van der Waals surface area contributed by atoms with Crippen molar-refractivity contribution in [3.05, 3.63) is 17.4 Å². The highest BCUT2D eigenvalue weighted by molar-refractivity contribution is 5.15. The molecule has 27 heavy (non-hydrogen) atoms. The van der Waals surface area contributed by atoms with E-state index in [1.165, 1.54) is 44.9 Å². The minimum atomic E-state index is 0.269. The summed E-state index contributed by atoms with van der Waals surface area (Å²) in [4.78, 5) is 0. The quantitative estimate of drug-likeness (QED) is 0.281. The van der Waals surface area contributed by atoms with Gasteiger partial charge in [0.15, 0.2) is 0 Å². The smallest absolute Gasteiger partial charge is 0.00176 e. The van der Waals surface area contributed by atoms with Crippen LogP contribution in [0.25, 0.3) is 0 Å². The molecule has 0 saturated heterocycles. The zero-order chi connectivity index (χ0) is 21.3. The second kappa shape index (κ2) is 12.2. The summed E-state index contributed by atoms with van der Waals surface area (Å²) in [5.74, 6) is 3.04. The van der Waals surface area contributed by atoms with Crippen molar-refractivity contribution in [2.75, 3.05) is 0 Å². The molecule has 0 heterocycles. The number of hydrogen-bond acceptors (Lipinski definition) is 0. The molecule has 0 nitrogen and oxygen atoms in total. The van der Waals surface area contributed by atoms with Crippen molar-refractivity contribution in [2.45, 2.75) is 121 Å². The molecule has 0 aromatic carbocycles. The van der Waals surface area contributed by atoms with Crippen LogP contribution in [-0.2, 0) is 0 Å². The Morgan fingerprint density at radius 3 is 1.96 bits per heavy atom. The third kappa shape index (κ3) is 8.19. The summed E-state index contributed by atoms with van der Waals surface area (Å²) in [6.45, 7) is 26.3. The minimum Gasteiger partial charge on any atom is -0.126 e. The molecule has 0 aliphatic carbocycles. The summed E-state index contributed by atoms with van der Waals surface area (Å²) in [6, 6.07) is 0. The van der Waals surface area contributed by atoms with Gasteiger partial charge in [-0.15, -0.1) is 5.73 Å². The lowest BCUT2D eigenvalue weighted by molar-refractivity contribution is 0.153. The van der Waals surface area contributed by atoms with Crippen LogP contribution in [0.15, 0.2) is 17.4 Å². The molecule has 0 aliphatic rings. The maximum absolute atomic E-state index is 3.71. The largest absolute Gasteiger partial charge is 0.126 e. The minimum absolute atomic E-state index is 0.269. The third-order valence-electron chi connectivity index (χ3n) is 7.90. The second-order valence-corrected chi connectivity index (χ2v) is 10.6. The zero-order valence-electron chi connectivity index (χ0n) is 20.8. The van der Waals surface area contributed by atoms with E-state index in [4.69, 9.17) is 0 Å². The van der Waals surface area contributed by atoms with Crippen LogP contribution in [-0.4, -0.2) is 0 Å². The molecule has 4 atom stereocenters. The molecule has 0 heteroatoms. The van der Waals surface area contributed by atoms with Gasteiger partial charge in [-0.05, 0) is 85.2 Å². The van der Waals surface area contributed by atoms with Gasteiger partial charge in [0, 0.05) is 0 Å². The van der Waals surface area contributed by atoms with Gasteiger partial charge in [0.2, 0.25) is 0 Å². The van der Waals surface area contributed by atoms with Gasteiger partial charge in [-0.1, -0.05) is 82.1 Å². The van der Waals surface area contributed by atoms with Crippen LogP contribution in [0.4, 0.5) is 0 Å². The summed E-state index contributed by atoms with van der Waals surface area (Å²) in [7, 11) is 0. The van der Waals surface area contributed by atoms with Crippen LogP contribution in [0.1, 0.15) is 121 Å². The van der Waals surface area contributed by atoms with Crippen molar-refractivity contribution in [1.29, 1.82) is 0 Å². The van der Waals surface area contributed by atoms with Crippen LogP contribution in [0.3, 0.4) is 0 Å². The molecule has 0 aromatic heterocycles. The predicted molar refractivity (Wildman–Crippen MR) is 125 cm³/mol. The molecule has 0 fully saturated rings. The fourth-order valence-corrected chi connectivity index (χ4v) is 4.42. The molecule has 0 aliphatic heterocycles. The van der Waals surface area contributed by atoms with Gasteiger partial charge < -0.3 is 0 Å². The van der Waals surface area contributed by atoms with E-state index < -0.39 is 0 Å². The first-order valence-corrected chi connectivity index (χ1v) is 11.9. The van der Waals surface area contributed by atoms with Crippen LogP contribution >= 0.6 is 0 Å². The van der Waals surface area contributed by atoms with Gasteiger partial charge in [-0.25, -0.2) is 0 Å². The summed E-state index contributed by atoms with van der Waals surface area (Å²) in [6.07, 6.45) is 11.2. The fourth-order valence-electron chi connectivity index (χ4n) is 4.42. The summed E-state index contributed by atoms with van der Waals surface area (Å²) < 4.78 is 0. The SMILES string of the molecule is CC=C=C(CCC(C)(CCC(C)CC)C(C)C)C(C)(CC)C(C)CC(C)C. The van der Waals surface area contributed by atoms with Crippen LogP contribution in [0, 0.1) is 34.5 Å². The third-order valence-corrected chi connectivity index (χ3v) is 7.90. The summed E-state index contributed by atoms with van der Waals surface area (Å²) in [5, 5.41) is 0. The molecule has 0 amide bonds. The Balaban J connectivity index is 5.46. The average Bonchev–Trinajstić information content (AvgIpc) is 2.61. The molecular weight excluding hydrogens is 324 g/mol. The lowest BCUT2D eigenvalue weighted by Crippen LogP contribution is -2.30. The van der Waals surface area contributed by atoms with Crippen molar-refractivity contribution in [1.82, 2.24) is 0 Å². The summed E-state index contributed by atoms with van der Waals surface area (Å²) >= 11 is 0. The van der Waals surface area contributed by atoms with Crippen molar-refractivity contribution < 1.29 is 0 Å². The van der Waals surface area contributed by atoms with Crippen LogP contribution in [0.2, 0.25) is 0 Å². The molecule has 0 saturated carbocycles. The topological polar surface area (TPSA) is 0 Å². The van der Waals surface area contributed by atoms with Gasteiger partial charge in [0.05, 0.1) is 0 Å². The van der Waals surface area contributed by atoms with Gasteiger partial charge in [-0.3, -0.25) is 0 Å². The molecule has 0 N–H and O–H groups in total. The zero-order valence-corrected chi connectivity index (χ0v) is 20.8. The maximum atomic E-state index is 3.71. The van der Waals surface area contributed by atoms with Crippen LogP contribution in [0.5, 0.6) is 0 Å². The Bertz CT molecular complexity index is 462. The first-order chi connectivity index (χ1) is 12.5. The van der Waals surface area contributed by atoms with E-state index in [9.17, 15) is 0 Å². The number of hydrogen-bond donors (Lipinski definition) is 0. The van der Waals surface area contributed by atoms with E-state index in [1.54, 1.807) is 5.57 Å². The van der Waals surface area contributed by atoms with E-state index in [1.807, 2.05) is 0 Å². The van der Waals surface area contributed by atoms with Crippen LogP contribution < -0.4 is 0 Å². The Labute approximate surface area is 173 Å². The Morgan fingerprint density at radius 2 is 1.56 bits per heavy atom. The van der Waals surface area contributed by atoms with Crippen molar-refractivity contribution >= 4 is 0 Å². The maximum Gasteiger partial charge on any atom is -0.00176 e.